The van der Waals surface area contributed by atoms with Gasteiger partial charge < -0.3 is 9.64 Å². The van der Waals surface area contributed by atoms with Crippen molar-refractivity contribution in [3.63, 3.8) is 0 Å². The van der Waals surface area contributed by atoms with Gasteiger partial charge in [0.25, 0.3) is 0 Å². The third-order valence-electron chi connectivity index (χ3n) is 5.75. The molecule has 13 heteroatoms. The number of alkyl halides is 6. The van der Waals surface area contributed by atoms with E-state index in [1.807, 2.05) is 0 Å². The minimum Gasteiger partial charge on any atom is -0.446 e. The summed E-state index contributed by atoms with van der Waals surface area (Å²) in [5.74, 6) is -0.214. The van der Waals surface area contributed by atoms with E-state index in [1.165, 1.54) is 27.6 Å². The van der Waals surface area contributed by atoms with Crippen LogP contribution in [0.3, 0.4) is 0 Å². The molecule has 2 heterocycles. The van der Waals surface area contributed by atoms with Crippen LogP contribution in [0.2, 0.25) is 0 Å². The first-order chi connectivity index (χ1) is 16.6. The molecule has 1 aromatic carbocycles. The molecule has 2 aromatic rings. The van der Waals surface area contributed by atoms with Crippen LogP contribution in [0.5, 0.6) is 0 Å². The molecule has 0 spiro atoms. The van der Waals surface area contributed by atoms with Crippen molar-refractivity contribution in [2.24, 2.45) is 7.05 Å². The Labute approximate surface area is 203 Å². The van der Waals surface area contributed by atoms with Crippen LogP contribution >= 0.6 is 0 Å². The fourth-order valence-corrected chi connectivity index (χ4v) is 4.23. The molecular formula is C23H26F6N4O3. The highest BCUT2D eigenvalue weighted by Crippen LogP contribution is 2.40. The first kappa shape index (κ1) is 27.3. The fourth-order valence-electron chi connectivity index (χ4n) is 4.23. The monoisotopic (exact) mass is 520 g/mol. The molecule has 0 saturated heterocycles. The third kappa shape index (κ3) is 5.93. The Bertz CT molecular complexity index is 1090. The molecule has 0 aliphatic carbocycles. The van der Waals surface area contributed by atoms with Crippen LogP contribution in [0.15, 0.2) is 24.4 Å². The highest BCUT2D eigenvalue weighted by molar-refractivity contribution is 5.88. The van der Waals surface area contributed by atoms with Gasteiger partial charge in [-0.05, 0) is 50.5 Å². The zero-order chi connectivity index (χ0) is 27.0. The van der Waals surface area contributed by atoms with Gasteiger partial charge in [-0.2, -0.15) is 31.4 Å². The average molecular weight is 520 g/mol. The molecule has 7 nitrogen and oxygen atoms in total. The van der Waals surface area contributed by atoms with Crippen molar-refractivity contribution in [3.05, 3.63) is 46.6 Å². The van der Waals surface area contributed by atoms with Crippen molar-refractivity contribution in [1.82, 2.24) is 14.7 Å². The summed E-state index contributed by atoms with van der Waals surface area (Å²) in [6.45, 7) is 4.28. The van der Waals surface area contributed by atoms with Crippen molar-refractivity contribution in [3.8, 4) is 0 Å². The van der Waals surface area contributed by atoms with Gasteiger partial charge in [-0.1, -0.05) is 0 Å². The number of aryl methyl sites for hydroxylation is 1. The van der Waals surface area contributed by atoms with E-state index in [2.05, 4.69) is 5.10 Å². The fraction of sp³-hybridized carbons (Fsp3) is 0.522. The minimum atomic E-state index is -5.01. The van der Waals surface area contributed by atoms with Crippen LogP contribution < -0.4 is 4.90 Å². The van der Waals surface area contributed by atoms with Crippen LogP contribution in [0.1, 0.15) is 61.9 Å². The second-order valence-corrected chi connectivity index (χ2v) is 8.85. The summed E-state index contributed by atoms with van der Waals surface area (Å²) in [4.78, 5) is 27.9. The Balaban J connectivity index is 2.04. The highest BCUT2D eigenvalue weighted by atomic mass is 19.4. The maximum atomic E-state index is 13.3. The van der Waals surface area contributed by atoms with Crippen molar-refractivity contribution >= 4 is 17.8 Å². The van der Waals surface area contributed by atoms with Gasteiger partial charge in [0.1, 0.15) is 5.82 Å². The number of benzene rings is 1. The molecule has 2 amide bonds. The van der Waals surface area contributed by atoms with Gasteiger partial charge in [0, 0.05) is 32.6 Å². The predicted molar refractivity (Wildman–Crippen MR) is 117 cm³/mol. The highest BCUT2D eigenvalue weighted by Gasteiger charge is 2.38. The maximum absolute atomic E-state index is 13.3. The molecule has 1 aromatic heterocycles. The molecule has 1 aliphatic rings. The van der Waals surface area contributed by atoms with Gasteiger partial charge in [0.2, 0.25) is 5.91 Å². The Morgan fingerprint density at radius 2 is 1.69 bits per heavy atom. The Hall–Kier alpha value is -3.25. The Kier molecular flexibility index (Phi) is 7.61. The molecule has 3 rings (SSSR count). The minimum absolute atomic E-state index is 0.0463. The first-order valence-corrected chi connectivity index (χ1v) is 11.1. The summed E-state index contributed by atoms with van der Waals surface area (Å²) < 4.78 is 86.8. The second kappa shape index (κ2) is 10.0. The summed E-state index contributed by atoms with van der Waals surface area (Å²) in [6, 6.07) is 0.522. The number of anilines is 1. The van der Waals surface area contributed by atoms with Gasteiger partial charge in [-0.15, -0.1) is 0 Å². The van der Waals surface area contributed by atoms with E-state index < -0.39 is 54.2 Å². The molecule has 1 aliphatic heterocycles. The van der Waals surface area contributed by atoms with E-state index in [-0.39, 0.29) is 18.2 Å². The number of fused-ring (bicyclic) bond motifs is 1. The number of rotatable bonds is 4. The molecule has 0 radical (unpaired) electrons. The second-order valence-electron chi connectivity index (χ2n) is 8.85. The van der Waals surface area contributed by atoms with Crippen LogP contribution in [-0.4, -0.2) is 39.3 Å². The number of hydrogen-bond acceptors (Lipinski definition) is 4. The van der Waals surface area contributed by atoms with Crippen LogP contribution in [0.4, 0.5) is 37.0 Å². The van der Waals surface area contributed by atoms with Crippen molar-refractivity contribution in [1.29, 1.82) is 0 Å². The zero-order valence-corrected chi connectivity index (χ0v) is 20.1. The topological polar surface area (TPSA) is 67.7 Å². The van der Waals surface area contributed by atoms with Crippen LogP contribution in [0.25, 0.3) is 0 Å². The van der Waals surface area contributed by atoms with Gasteiger partial charge in [-0.3, -0.25) is 14.4 Å². The van der Waals surface area contributed by atoms with E-state index in [0.717, 1.165) is 0 Å². The number of nitrogens with zero attached hydrogens (tertiary/aromatic N) is 4. The lowest BCUT2D eigenvalue weighted by Crippen LogP contribution is -2.35. The quantitative estimate of drug-likeness (QED) is 0.486. The van der Waals surface area contributed by atoms with E-state index in [1.54, 1.807) is 20.9 Å². The molecule has 198 valence electrons. The third-order valence-corrected chi connectivity index (χ3v) is 5.75. The lowest BCUT2D eigenvalue weighted by molar-refractivity contribution is -0.143. The molecule has 1 unspecified atom stereocenters. The van der Waals surface area contributed by atoms with E-state index >= 15 is 0 Å². The molecule has 0 fully saturated rings. The number of amides is 2. The number of carbonyl (C=O) groups is 2. The van der Waals surface area contributed by atoms with Crippen molar-refractivity contribution in [2.75, 3.05) is 11.4 Å². The average Bonchev–Trinajstić information content (AvgIpc) is 3.00. The van der Waals surface area contributed by atoms with E-state index in [9.17, 15) is 35.9 Å². The molecule has 1 atom stereocenters. The van der Waals surface area contributed by atoms with E-state index in [4.69, 9.17) is 4.74 Å². The standard InChI is InChI=1S/C23H26F6N4O3/c1-13(2)36-21(35)32-7-5-6-19(18-11-30-31(4)20(18)32)33(14(3)34)12-15-8-16(22(24,25)26)10-17(9-15)23(27,28)29/h8-11,13,19H,5-7,12H2,1-4H3. The number of aromatic nitrogens is 2. The van der Waals surface area contributed by atoms with Crippen LogP contribution in [0, 0.1) is 0 Å². The summed E-state index contributed by atoms with van der Waals surface area (Å²) in [5.41, 5.74) is -2.80. The van der Waals surface area contributed by atoms with Gasteiger partial charge >= 0.3 is 18.4 Å². The number of halogens is 6. The SMILES string of the molecule is CC(=O)N(Cc1cc(C(F)(F)F)cc(C(F)(F)F)c1)C1CCCN(C(=O)OC(C)C)c2c1cnn2C. The van der Waals surface area contributed by atoms with Crippen molar-refractivity contribution < 1.29 is 40.7 Å². The lowest BCUT2D eigenvalue weighted by Gasteiger charge is -2.31. The largest absolute Gasteiger partial charge is 0.446 e. The molecule has 0 saturated carbocycles. The molecular weight excluding hydrogens is 494 g/mol. The Morgan fingerprint density at radius 1 is 1.11 bits per heavy atom. The predicted octanol–water partition coefficient (Wildman–Crippen LogP) is 5.69. The van der Waals surface area contributed by atoms with Crippen LogP contribution in [-0.2, 0) is 35.5 Å². The molecule has 0 bridgehead atoms. The Morgan fingerprint density at radius 3 is 2.19 bits per heavy atom. The number of ether oxygens (including phenoxy) is 1. The summed E-state index contributed by atoms with van der Waals surface area (Å²) in [5, 5.41) is 4.18. The number of carbonyl (C=O) groups excluding carboxylic acids is 2. The number of hydrogen-bond donors (Lipinski definition) is 0. The first-order valence-electron chi connectivity index (χ1n) is 11.1. The maximum Gasteiger partial charge on any atom is 0.416 e. The summed E-state index contributed by atoms with van der Waals surface area (Å²) >= 11 is 0. The van der Waals surface area contributed by atoms with E-state index in [0.29, 0.717) is 36.4 Å². The van der Waals surface area contributed by atoms with Gasteiger partial charge in [0.15, 0.2) is 0 Å². The zero-order valence-electron chi connectivity index (χ0n) is 20.1. The molecule has 36 heavy (non-hydrogen) atoms. The molecule has 0 N–H and O–H groups in total. The smallest absolute Gasteiger partial charge is 0.416 e. The van der Waals surface area contributed by atoms with Crippen molar-refractivity contribution in [2.45, 2.75) is 64.7 Å². The summed E-state index contributed by atoms with van der Waals surface area (Å²) in [7, 11) is 1.58. The normalized spacial score (nSPS) is 16.5. The van der Waals surface area contributed by atoms with Gasteiger partial charge in [0.05, 0.1) is 29.5 Å². The summed E-state index contributed by atoms with van der Waals surface area (Å²) in [6.07, 6.45) is -8.91. The van der Waals surface area contributed by atoms with Gasteiger partial charge in [-0.25, -0.2) is 4.79 Å². The lowest BCUT2D eigenvalue weighted by atomic mass is 10.0.